The second-order valence-corrected chi connectivity index (χ2v) is 5.79. The third kappa shape index (κ3) is 3.26. The van der Waals surface area contributed by atoms with Crippen LogP contribution >= 0.6 is 0 Å². The molecule has 0 unspecified atom stereocenters. The molecule has 7 nitrogen and oxygen atoms in total. The standard InChI is InChI=1S/C18H19N5O2/c1-24-15-7-5-14(6-8-15)17-20-18(25-21-17)23-12-10-22(11-13-23)16-4-2-3-9-19-16/h2-9H,10-13H2,1H3. The van der Waals surface area contributed by atoms with Crippen molar-refractivity contribution in [2.75, 3.05) is 43.1 Å². The fraction of sp³-hybridized carbons (Fsp3) is 0.278. The van der Waals surface area contributed by atoms with Crippen molar-refractivity contribution in [3.05, 3.63) is 48.7 Å². The lowest BCUT2D eigenvalue weighted by atomic mass is 10.2. The lowest BCUT2D eigenvalue weighted by molar-refractivity contribution is 0.409. The number of aromatic nitrogens is 3. The molecule has 7 heteroatoms. The Balaban J connectivity index is 1.43. The topological polar surface area (TPSA) is 67.5 Å². The third-order valence-corrected chi connectivity index (χ3v) is 4.29. The summed E-state index contributed by atoms with van der Waals surface area (Å²) in [7, 11) is 1.64. The van der Waals surface area contributed by atoms with Crippen LogP contribution in [-0.2, 0) is 0 Å². The Morgan fingerprint density at radius 1 is 0.960 bits per heavy atom. The van der Waals surface area contributed by atoms with Gasteiger partial charge in [-0.3, -0.25) is 0 Å². The molecule has 1 aliphatic rings. The zero-order valence-electron chi connectivity index (χ0n) is 14.0. The average Bonchev–Trinajstić information content (AvgIpc) is 3.19. The van der Waals surface area contributed by atoms with Gasteiger partial charge in [-0.15, -0.1) is 0 Å². The minimum Gasteiger partial charge on any atom is -0.497 e. The van der Waals surface area contributed by atoms with Crippen LogP contribution in [0.15, 0.2) is 53.2 Å². The molecule has 0 amide bonds. The fourth-order valence-corrected chi connectivity index (χ4v) is 2.87. The molecule has 0 saturated carbocycles. The molecule has 1 saturated heterocycles. The van der Waals surface area contributed by atoms with Gasteiger partial charge in [0, 0.05) is 37.9 Å². The molecule has 1 aromatic carbocycles. The number of nitrogens with zero attached hydrogens (tertiary/aromatic N) is 5. The van der Waals surface area contributed by atoms with Gasteiger partial charge in [0.2, 0.25) is 5.82 Å². The Morgan fingerprint density at radius 3 is 2.40 bits per heavy atom. The van der Waals surface area contributed by atoms with Gasteiger partial charge in [-0.25, -0.2) is 4.98 Å². The quantitative estimate of drug-likeness (QED) is 0.724. The van der Waals surface area contributed by atoms with Crippen molar-refractivity contribution in [3.8, 4) is 17.1 Å². The minimum absolute atomic E-state index is 0.562. The van der Waals surface area contributed by atoms with E-state index in [1.807, 2.05) is 48.7 Å². The Morgan fingerprint density at radius 2 is 1.72 bits per heavy atom. The van der Waals surface area contributed by atoms with Crippen LogP contribution in [0.3, 0.4) is 0 Å². The zero-order valence-corrected chi connectivity index (χ0v) is 14.0. The number of rotatable bonds is 4. The van der Waals surface area contributed by atoms with E-state index >= 15 is 0 Å². The van der Waals surface area contributed by atoms with Crippen molar-refractivity contribution in [2.24, 2.45) is 0 Å². The summed E-state index contributed by atoms with van der Waals surface area (Å²) in [6, 6.07) is 14.1. The van der Waals surface area contributed by atoms with Crippen LogP contribution in [0.5, 0.6) is 5.75 Å². The van der Waals surface area contributed by atoms with Gasteiger partial charge in [-0.05, 0) is 36.4 Å². The SMILES string of the molecule is COc1ccc(-c2noc(N3CCN(c4ccccn4)CC3)n2)cc1. The first-order chi connectivity index (χ1) is 12.3. The molecular weight excluding hydrogens is 318 g/mol. The third-order valence-electron chi connectivity index (χ3n) is 4.29. The van der Waals surface area contributed by atoms with Crippen molar-refractivity contribution in [1.29, 1.82) is 0 Å². The Hall–Kier alpha value is -3.09. The number of pyridine rings is 1. The molecule has 1 fully saturated rings. The first-order valence-corrected chi connectivity index (χ1v) is 8.22. The highest BCUT2D eigenvalue weighted by molar-refractivity contribution is 5.57. The second-order valence-electron chi connectivity index (χ2n) is 5.79. The maximum Gasteiger partial charge on any atom is 0.324 e. The van der Waals surface area contributed by atoms with E-state index in [0.717, 1.165) is 43.3 Å². The number of ether oxygens (including phenoxy) is 1. The van der Waals surface area contributed by atoms with E-state index in [1.54, 1.807) is 7.11 Å². The summed E-state index contributed by atoms with van der Waals surface area (Å²) in [5, 5.41) is 4.10. The van der Waals surface area contributed by atoms with E-state index in [9.17, 15) is 0 Å². The van der Waals surface area contributed by atoms with E-state index < -0.39 is 0 Å². The lowest BCUT2D eigenvalue weighted by Gasteiger charge is -2.34. The smallest absolute Gasteiger partial charge is 0.324 e. The molecule has 3 aromatic rings. The predicted molar refractivity (Wildman–Crippen MR) is 94.9 cm³/mol. The molecule has 2 aromatic heterocycles. The van der Waals surface area contributed by atoms with E-state index in [2.05, 4.69) is 24.9 Å². The number of benzene rings is 1. The van der Waals surface area contributed by atoms with E-state index in [4.69, 9.17) is 9.26 Å². The van der Waals surface area contributed by atoms with Gasteiger partial charge in [0.05, 0.1) is 7.11 Å². The summed E-state index contributed by atoms with van der Waals surface area (Å²) in [4.78, 5) is 13.3. The molecule has 0 aliphatic carbocycles. The molecule has 0 bridgehead atoms. The van der Waals surface area contributed by atoms with Gasteiger partial charge in [-0.1, -0.05) is 11.2 Å². The van der Waals surface area contributed by atoms with E-state index in [-0.39, 0.29) is 0 Å². The van der Waals surface area contributed by atoms with Crippen molar-refractivity contribution >= 4 is 11.8 Å². The molecule has 4 rings (SSSR count). The largest absolute Gasteiger partial charge is 0.497 e. The highest BCUT2D eigenvalue weighted by Gasteiger charge is 2.22. The zero-order chi connectivity index (χ0) is 17.1. The molecular formula is C18H19N5O2. The predicted octanol–water partition coefficient (Wildman–Crippen LogP) is 2.47. The van der Waals surface area contributed by atoms with Gasteiger partial charge >= 0.3 is 6.01 Å². The maximum absolute atomic E-state index is 5.46. The van der Waals surface area contributed by atoms with Crippen molar-refractivity contribution in [1.82, 2.24) is 15.1 Å². The highest BCUT2D eigenvalue weighted by Crippen LogP contribution is 2.23. The summed E-state index contributed by atoms with van der Waals surface area (Å²) in [5.74, 6) is 2.40. The van der Waals surface area contributed by atoms with Crippen molar-refractivity contribution in [3.63, 3.8) is 0 Å². The maximum atomic E-state index is 5.46. The van der Waals surface area contributed by atoms with Crippen LogP contribution in [0, 0.1) is 0 Å². The molecule has 128 valence electrons. The molecule has 1 aliphatic heterocycles. The van der Waals surface area contributed by atoms with E-state index in [1.165, 1.54) is 0 Å². The summed E-state index contributed by atoms with van der Waals surface area (Å²) >= 11 is 0. The summed E-state index contributed by atoms with van der Waals surface area (Å²) < 4.78 is 10.6. The van der Waals surface area contributed by atoms with Gasteiger partial charge in [0.15, 0.2) is 0 Å². The first kappa shape index (κ1) is 15.4. The van der Waals surface area contributed by atoms with Gasteiger partial charge < -0.3 is 19.1 Å². The van der Waals surface area contributed by atoms with Crippen LogP contribution < -0.4 is 14.5 Å². The lowest BCUT2D eigenvalue weighted by Crippen LogP contribution is -2.47. The van der Waals surface area contributed by atoms with Crippen molar-refractivity contribution in [2.45, 2.75) is 0 Å². The average molecular weight is 337 g/mol. The van der Waals surface area contributed by atoms with Crippen molar-refractivity contribution < 1.29 is 9.26 Å². The molecule has 25 heavy (non-hydrogen) atoms. The summed E-state index contributed by atoms with van der Waals surface area (Å²) in [6.45, 7) is 3.39. The number of anilines is 2. The number of hydrogen-bond acceptors (Lipinski definition) is 7. The molecule has 3 heterocycles. The van der Waals surface area contributed by atoms with Gasteiger partial charge in [0.1, 0.15) is 11.6 Å². The molecule has 0 radical (unpaired) electrons. The monoisotopic (exact) mass is 337 g/mol. The van der Waals surface area contributed by atoms with Crippen LogP contribution in [-0.4, -0.2) is 48.4 Å². The Bertz CT molecular complexity index is 811. The summed E-state index contributed by atoms with van der Waals surface area (Å²) in [5.41, 5.74) is 0.905. The molecule has 0 N–H and O–H groups in total. The number of methoxy groups -OCH3 is 1. The normalized spacial score (nSPS) is 14.6. The summed E-state index contributed by atoms with van der Waals surface area (Å²) in [6.07, 6.45) is 1.82. The number of piperazine rings is 1. The minimum atomic E-state index is 0.562. The number of hydrogen-bond donors (Lipinski definition) is 0. The molecule has 0 spiro atoms. The highest BCUT2D eigenvalue weighted by atomic mass is 16.5. The van der Waals surface area contributed by atoms with Crippen LogP contribution in [0.4, 0.5) is 11.8 Å². The first-order valence-electron chi connectivity index (χ1n) is 8.22. The van der Waals surface area contributed by atoms with E-state index in [0.29, 0.717) is 11.8 Å². The van der Waals surface area contributed by atoms with Crippen LogP contribution in [0.1, 0.15) is 0 Å². The van der Waals surface area contributed by atoms with Crippen LogP contribution in [0.25, 0.3) is 11.4 Å². The Labute approximate surface area is 145 Å². The van der Waals surface area contributed by atoms with Gasteiger partial charge in [0.25, 0.3) is 0 Å². The Kier molecular flexibility index (Phi) is 4.20. The van der Waals surface area contributed by atoms with Gasteiger partial charge in [-0.2, -0.15) is 4.98 Å². The second kappa shape index (κ2) is 6.80. The van der Waals surface area contributed by atoms with Crippen LogP contribution in [0.2, 0.25) is 0 Å². The molecule has 0 atom stereocenters. The fourth-order valence-electron chi connectivity index (χ4n) is 2.87.